The zero-order valence-corrected chi connectivity index (χ0v) is 13.5. The van der Waals surface area contributed by atoms with Gasteiger partial charge in [0.05, 0.1) is 5.39 Å². The Labute approximate surface area is 128 Å². The Morgan fingerprint density at radius 1 is 1.40 bits per heavy atom. The molecule has 2 atom stereocenters. The lowest BCUT2D eigenvalue weighted by Gasteiger charge is -2.27. The maximum atomic E-state index is 6.02. The summed E-state index contributed by atoms with van der Waals surface area (Å²) >= 11 is 7.69. The van der Waals surface area contributed by atoms with E-state index in [4.69, 9.17) is 11.6 Å². The lowest BCUT2D eigenvalue weighted by molar-refractivity contribution is 0.293. The molecule has 0 bridgehead atoms. The molecule has 3 rings (SSSR count). The molecule has 0 saturated heterocycles. The molecule has 1 N–H and O–H groups in total. The highest BCUT2D eigenvalue weighted by Gasteiger charge is 2.19. The van der Waals surface area contributed by atoms with Crippen molar-refractivity contribution in [2.24, 2.45) is 11.8 Å². The van der Waals surface area contributed by atoms with Gasteiger partial charge in [-0.3, -0.25) is 0 Å². The first-order chi connectivity index (χ1) is 9.61. The fraction of sp³-hybridized carbons (Fsp3) is 0.600. The van der Waals surface area contributed by atoms with E-state index in [1.807, 2.05) is 0 Å². The maximum Gasteiger partial charge on any atom is 0.225 e. The molecule has 2 aromatic rings. The van der Waals surface area contributed by atoms with Crippen molar-refractivity contribution >= 4 is 39.0 Å². The summed E-state index contributed by atoms with van der Waals surface area (Å²) in [5.41, 5.74) is 0. The van der Waals surface area contributed by atoms with Crippen LogP contribution < -0.4 is 5.32 Å². The summed E-state index contributed by atoms with van der Waals surface area (Å²) in [7, 11) is 0. The quantitative estimate of drug-likeness (QED) is 0.820. The minimum Gasteiger partial charge on any atom is -0.369 e. The van der Waals surface area contributed by atoms with Crippen LogP contribution in [0.3, 0.4) is 0 Å². The van der Waals surface area contributed by atoms with Crippen molar-refractivity contribution in [1.82, 2.24) is 9.97 Å². The lowest BCUT2D eigenvalue weighted by atomic mass is 9.82. The van der Waals surface area contributed by atoms with Gasteiger partial charge in [0.15, 0.2) is 0 Å². The molecular weight excluding hydrogens is 290 g/mol. The second kappa shape index (κ2) is 5.86. The number of aryl methyl sites for hydroxylation is 1. The molecule has 0 radical (unpaired) electrons. The van der Waals surface area contributed by atoms with Crippen LogP contribution in [0.25, 0.3) is 10.2 Å². The van der Waals surface area contributed by atoms with E-state index in [2.05, 4.69) is 35.2 Å². The highest BCUT2D eigenvalue weighted by atomic mass is 35.5. The van der Waals surface area contributed by atoms with Gasteiger partial charge in [0, 0.05) is 11.4 Å². The molecule has 1 aliphatic rings. The van der Waals surface area contributed by atoms with E-state index >= 15 is 0 Å². The van der Waals surface area contributed by atoms with Crippen molar-refractivity contribution in [2.45, 2.75) is 39.5 Å². The van der Waals surface area contributed by atoms with Gasteiger partial charge in [0.25, 0.3) is 0 Å². The van der Waals surface area contributed by atoms with E-state index < -0.39 is 0 Å². The molecule has 20 heavy (non-hydrogen) atoms. The zero-order valence-electron chi connectivity index (χ0n) is 11.9. The largest absolute Gasteiger partial charge is 0.369 e. The summed E-state index contributed by atoms with van der Waals surface area (Å²) in [6, 6.07) is 2.14. The van der Waals surface area contributed by atoms with Crippen LogP contribution in [0.4, 0.5) is 5.82 Å². The first kappa shape index (κ1) is 14.1. The van der Waals surface area contributed by atoms with Crippen molar-refractivity contribution < 1.29 is 0 Å². The second-order valence-corrected chi connectivity index (χ2v) is 7.51. The predicted molar refractivity (Wildman–Crippen MR) is 86.8 cm³/mol. The first-order valence-corrected chi connectivity index (χ1v) is 8.49. The Bertz CT molecular complexity index is 610. The molecule has 2 aromatic heterocycles. The number of hydrogen-bond donors (Lipinski definition) is 1. The molecule has 0 amide bonds. The smallest absolute Gasteiger partial charge is 0.225 e. The summed E-state index contributed by atoms with van der Waals surface area (Å²) in [4.78, 5) is 10.9. The molecule has 2 heterocycles. The number of anilines is 1. The number of halogens is 1. The van der Waals surface area contributed by atoms with Crippen LogP contribution in [0, 0.1) is 18.8 Å². The van der Waals surface area contributed by atoms with Crippen LogP contribution in [0.1, 0.15) is 37.5 Å². The van der Waals surface area contributed by atoms with Gasteiger partial charge in [-0.15, -0.1) is 11.3 Å². The summed E-state index contributed by atoms with van der Waals surface area (Å²) in [5.74, 6) is 2.50. The third-order valence-corrected chi connectivity index (χ3v) is 5.21. The minimum atomic E-state index is 0.332. The number of thiophene rings is 1. The van der Waals surface area contributed by atoms with Gasteiger partial charge in [-0.05, 0) is 49.3 Å². The number of fused-ring (bicyclic) bond motifs is 1. The summed E-state index contributed by atoms with van der Waals surface area (Å²) < 4.78 is 0. The third-order valence-electron chi connectivity index (χ3n) is 4.09. The Morgan fingerprint density at radius 3 is 3.05 bits per heavy atom. The van der Waals surface area contributed by atoms with Crippen LogP contribution in [0.15, 0.2) is 6.07 Å². The van der Waals surface area contributed by atoms with Gasteiger partial charge < -0.3 is 5.32 Å². The van der Waals surface area contributed by atoms with E-state index in [9.17, 15) is 0 Å². The summed E-state index contributed by atoms with van der Waals surface area (Å²) in [6.45, 7) is 5.43. The van der Waals surface area contributed by atoms with Crippen LogP contribution in [-0.2, 0) is 0 Å². The van der Waals surface area contributed by atoms with Gasteiger partial charge in [-0.1, -0.05) is 19.8 Å². The van der Waals surface area contributed by atoms with Crippen molar-refractivity contribution in [3.8, 4) is 0 Å². The molecule has 2 unspecified atom stereocenters. The van der Waals surface area contributed by atoms with E-state index in [0.717, 1.165) is 34.4 Å². The molecule has 0 aliphatic heterocycles. The SMILES string of the molecule is Cc1cc2c(NCC3CCCC(C)C3)nc(Cl)nc2s1. The second-order valence-electron chi connectivity index (χ2n) is 5.94. The highest BCUT2D eigenvalue weighted by molar-refractivity contribution is 7.18. The topological polar surface area (TPSA) is 37.8 Å². The standard InChI is InChI=1S/C15H20ClN3S/c1-9-4-3-5-11(6-9)8-17-13-12-7-10(2)20-14(12)19-15(16)18-13/h7,9,11H,3-6,8H2,1-2H3,(H,17,18,19). The van der Waals surface area contributed by atoms with Crippen molar-refractivity contribution in [3.05, 3.63) is 16.2 Å². The molecule has 108 valence electrons. The number of aromatic nitrogens is 2. The molecule has 3 nitrogen and oxygen atoms in total. The van der Waals surface area contributed by atoms with Crippen molar-refractivity contribution in [2.75, 3.05) is 11.9 Å². The minimum absolute atomic E-state index is 0.332. The monoisotopic (exact) mass is 309 g/mol. The molecule has 0 spiro atoms. The van der Waals surface area contributed by atoms with Crippen molar-refractivity contribution in [3.63, 3.8) is 0 Å². The Kier molecular flexibility index (Phi) is 4.13. The number of nitrogens with one attached hydrogen (secondary N) is 1. The fourth-order valence-corrected chi connectivity index (χ4v) is 4.24. The molecule has 5 heteroatoms. The van der Waals surface area contributed by atoms with E-state index in [-0.39, 0.29) is 0 Å². The van der Waals surface area contributed by atoms with Gasteiger partial charge in [-0.25, -0.2) is 9.97 Å². The predicted octanol–water partition coefficient (Wildman–Crippen LogP) is 4.89. The molecule has 1 saturated carbocycles. The van der Waals surface area contributed by atoms with Gasteiger partial charge in [0.2, 0.25) is 5.28 Å². The average Bonchev–Trinajstić information content (AvgIpc) is 2.76. The number of rotatable bonds is 3. The van der Waals surface area contributed by atoms with Gasteiger partial charge in [-0.2, -0.15) is 0 Å². The maximum absolute atomic E-state index is 6.02. The molecule has 1 fully saturated rings. The van der Waals surface area contributed by atoms with E-state index in [1.165, 1.54) is 30.6 Å². The Balaban J connectivity index is 1.76. The average molecular weight is 310 g/mol. The fourth-order valence-electron chi connectivity index (χ4n) is 3.14. The number of hydrogen-bond acceptors (Lipinski definition) is 4. The normalized spacial score (nSPS) is 23.1. The summed E-state index contributed by atoms with van der Waals surface area (Å²) in [5, 5.41) is 4.93. The lowest BCUT2D eigenvalue weighted by Crippen LogP contribution is -2.21. The third kappa shape index (κ3) is 3.07. The summed E-state index contributed by atoms with van der Waals surface area (Å²) in [6.07, 6.45) is 5.37. The van der Waals surface area contributed by atoms with E-state index in [1.54, 1.807) is 11.3 Å². The molecular formula is C15H20ClN3S. The van der Waals surface area contributed by atoms with Crippen LogP contribution >= 0.6 is 22.9 Å². The van der Waals surface area contributed by atoms with Crippen LogP contribution in [0.2, 0.25) is 5.28 Å². The molecule has 0 aromatic carbocycles. The van der Waals surface area contributed by atoms with E-state index in [0.29, 0.717) is 5.28 Å². The zero-order chi connectivity index (χ0) is 14.1. The number of nitrogens with zero attached hydrogens (tertiary/aromatic N) is 2. The Hall–Kier alpha value is -0.870. The van der Waals surface area contributed by atoms with Crippen LogP contribution in [-0.4, -0.2) is 16.5 Å². The van der Waals surface area contributed by atoms with Gasteiger partial charge >= 0.3 is 0 Å². The molecule has 1 aliphatic carbocycles. The van der Waals surface area contributed by atoms with Crippen LogP contribution in [0.5, 0.6) is 0 Å². The van der Waals surface area contributed by atoms with Crippen molar-refractivity contribution in [1.29, 1.82) is 0 Å². The highest BCUT2D eigenvalue weighted by Crippen LogP contribution is 2.32. The first-order valence-electron chi connectivity index (χ1n) is 7.29. The van der Waals surface area contributed by atoms with Gasteiger partial charge in [0.1, 0.15) is 10.6 Å². The Morgan fingerprint density at radius 2 is 2.25 bits per heavy atom.